The molecule has 1 N–H and O–H groups in total. The van der Waals surface area contributed by atoms with E-state index in [-0.39, 0.29) is 18.7 Å². The van der Waals surface area contributed by atoms with Crippen molar-refractivity contribution >= 4 is 27.5 Å². The second kappa shape index (κ2) is 7.97. The fourth-order valence-electron chi connectivity index (χ4n) is 2.70. The maximum Gasteiger partial charge on any atom is 0.241 e. The molecule has 2 aromatic carbocycles. The number of anilines is 1. The molecule has 1 atom stereocenters. The molecule has 1 aliphatic heterocycles. The molecule has 26 heavy (non-hydrogen) atoms. The Morgan fingerprint density at radius 2 is 2.04 bits per heavy atom. The summed E-state index contributed by atoms with van der Waals surface area (Å²) in [4.78, 5) is 14.6. The third-order valence-electron chi connectivity index (χ3n) is 4.34. The lowest BCUT2D eigenvalue weighted by atomic mass is 10.1. The zero-order valence-electron chi connectivity index (χ0n) is 14.9. The van der Waals surface area contributed by atoms with E-state index < -0.39 is 0 Å². The van der Waals surface area contributed by atoms with Crippen LogP contribution in [0.15, 0.2) is 40.9 Å². The van der Waals surface area contributed by atoms with E-state index in [1.165, 1.54) is 0 Å². The molecule has 0 spiro atoms. The van der Waals surface area contributed by atoms with E-state index in [1.54, 1.807) is 25.3 Å². The quantitative estimate of drug-likeness (QED) is 0.772. The minimum atomic E-state index is -0.330. The molecule has 2 aromatic rings. The average Bonchev–Trinajstić information content (AvgIpc) is 3.09. The molecule has 0 saturated carbocycles. The molecule has 7 heteroatoms. The van der Waals surface area contributed by atoms with E-state index in [0.29, 0.717) is 23.7 Å². The second-order valence-corrected chi connectivity index (χ2v) is 7.02. The fraction of sp³-hybridized carbons (Fsp3) is 0.316. The molecule has 0 unspecified atom stereocenters. The number of fused-ring (bicyclic) bond motifs is 1. The molecule has 0 fully saturated rings. The first-order chi connectivity index (χ1) is 12.5. The average molecular weight is 421 g/mol. The molecule has 6 nitrogen and oxygen atoms in total. The van der Waals surface area contributed by atoms with Gasteiger partial charge in [-0.05, 0) is 44.3 Å². The lowest BCUT2D eigenvalue weighted by Crippen LogP contribution is -2.39. The highest BCUT2D eigenvalue weighted by atomic mass is 79.9. The zero-order valence-corrected chi connectivity index (χ0v) is 16.5. The Morgan fingerprint density at radius 1 is 1.27 bits per heavy atom. The number of halogens is 1. The van der Waals surface area contributed by atoms with E-state index in [2.05, 4.69) is 21.2 Å². The van der Waals surface area contributed by atoms with Crippen LogP contribution in [-0.4, -0.2) is 37.8 Å². The van der Waals surface area contributed by atoms with Crippen molar-refractivity contribution in [2.75, 3.05) is 26.3 Å². The normalized spacial score (nSPS) is 13.6. The number of hydrogen-bond donors (Lipinski definition) is 1. The minimum Gasteiger partial charge on any atom is -0.496 e. The molecule has 1 amide bonds. The number of rotatable bonds is 6. The van der Waals surface area contributed by atoms with Crippen molar-refractivity contribution in [3.05, 3.63) is 46.4 Å². The minimum absolute atomic E-state index is 0.0969. The van der Waals surface area contributed by atoms with Gasteiger partial charge in [0.15, 0.2) is 11.5 Å². The Labute approximate surface area is 161 Å². The van der Waals surface area contributed by atoms with Crippen molar-refractivity contribution in [2.45, 2.75) is 19.5 Å². The van der Waals surface area contributed by atoms with E-state index in [1.807, 2.05) is 37.1 Å². The first-order valence-corrected chi connectivity index (χ1v) is 9.00. The molecule has 0 aliphatic carbocycles. The molecule has 1 heterocycles. The van der Waals surface area contributed by atoms with Crippen molar-refractivity contribution < 1.29 is 19.0 Å². The Balaban J connectivity index is 1.65. The summed E-state index contributed by atoms with van der Waals surface area (Å²) in [7, 11) is 3.55. The molecular formula is C19H21BrN2O4. The van der Waals surface area contributed by atoms with E-state index in [9.17, 15) is 4.79 Å². The summed E-state index contributed by atoms with van der Waals surface area (Å²) in [6.07, 6.45) is 0. The van der Waals surface area contributed by atoms with Gasteiger partial charge in [-0.3, -0.25) is 9.69 Å². The molecule has 0 saturated heterocycles. The van der Waals surface area contributed by atoms with Crippen molar-refractivity contribution in [3.8, 4) is 17.2 Å². The summed E-state index contributed by atoms with van der Waals surface area (Å²) < 4.78 is 17.0. The lowest BCUT2D eigenvalue weighted by Gasteiger charge is -2.25. The third-order valence-corrected chi connectivity index (χ3v) is 4.84. The maximum absolute atomic E-state index is 12.6. The maximum atomic E-state index is 12.6. The second-order valence-electron chi connectivity index (χ2n) is 6.10. The number of amides is 1. The Morgan fingerprint density at radius 3 is 2.81 bits per heavy atom. The van der Waals surface area contributed by atoms with Crippen LogP contribution in [0.5, 0.6) is 17.2 Å². The van der Waals surface area contributed by atoms with Gasteiger partial charge in [0, 0.05) is 28.3 Å². The van der Waals surface area contributed by atoms with Gasteiger partial charge >= 0.3 is 0 Å². The van der Waals surface area contributed by atoms with Crippen LogP contribution in [0.1, 0.15) is 12.5 Å². The van der Waals surface area contributed by atoms with Gasteiger partial charge in [0.05, 0.1) is 13.2 Å². The first kappa shape index (κ1) is 18.5. The van der Waals surface area contributed by atoms with Crippen molar-refractivity contribution in [1.29, 1.82) is 0 Å². The summed E-state index contributed by atoms with van der Waals surface area (Å²) in [6.45, 7) is 2.66. The molecule has 138 valence electrons. The van der Waals surface area contributed by atoms with Crippen LogP contribution in [-0.2, 0) is 11.3 Å². The smallest absolute Gasteiger partial charge is 0.241 e. The van der Waals surface area contributed by atoms with Crippen molar-refractivity contribution in [2.24, 2.45) is 0 Å². The summed E-state index contributed by atoms with van der Waals surface area (Å²) in [5.41, 5.74) is 1.69. The molecule has 0 bridgehead atoms. The van der Waals surface area contributed by atoms with Crippen LogP contribution in [0, 0.1) is 0 Å². The van der Waals surface area contributed by atoms with Crippen molar-refractivity contribution in [1.82, 2.24) is 4.90 Å². The van der Waals surface area contributed by atoms with Gasteiger partial charge in [-0.2, -0.15) is 0 Å². The predicted octanol–water partition coefficient (Wildman–Crippen LogP) is 3.65. The highest BCUT2D eigenvalue weighted by molar-refractivity contribution is 9.10. The van der Waals surface area contributed by atoms with Crippen LogP contribution >= 0.6 is 15.9 Å². The van der Waals surface area contributed by atoms with Crippen LogP contribution < -0.4 is 19.5 Å². The monoisotopic (exact) mass is 420 g/mol. The van der Waals surface area contributed by atoms with Gasteiger partial charge in [0.25, 0.3) is 0 Å². The number of likely N-dealkylation sites (N-methyl/N-ethyl adjacent to an activating group) is 1. The number of methoxy groups -OCH3 is 1. The lowest BCUT2D eigenvalue weighted by molar-refractivity contribution is -0.120. The molecule has 3 rings (SSSR count). The molecule has 1 aliphatic rings. The zero-order chi connectivity index (χ0) is 18.7. The molecular weight excluding hydrogens is 400 g/mol. The fourth-order valence-corrected chi connectivity index (χ4v) is 3.11. The summed E-state index contributed by atoms with van der Waals surface area (Å²) >= 11 is 3.47. The summed E-state index contributed by atoms with van der Waals surface area (Å²) in [5, 5.41) is 2.92. The van der Waals surface area contributed by atoms with E-state index >= 15 is 0 Å². The molecule has 0 radical (unpaired) electrons. The Hall–Kier alpha value is -2.25. The topological polar surface area (TPSA) is 60.0 Å². The van der Waals surface area contributed by atoms with Gasteiger partial charge in [0.2, 0.25) is 12.7 Å². The SMILES string of the molecule is COc1ccc(Br)cc1CN(C)[C@H](C)C(=O)Nc1ccc2c(c1)OCO2. The number of ether oxygens (including phenoxy) is 3. The van der Waals surface area contributed by atoms with Crippen LogP contribution in [0.25, 0.3) is 0 Å². The first-order valence-electron chi connectivity index (χ1n) is 8.21. The van der Waals surface area contributed by atoms with E-state index in [0.717, 1.165) is 15.8 Å². The number of carbonyl (C=O) groups excluding carboxylic acids is 1. The highest BCUT2D eigenvalue weighted by Crippen LogP contribution is 2.34. The number of nitrogens with one attached hydrogen (secondary N) is 1. The van der Waals surface area contributed by atoms with Gasteiger partial charge in [-0.15, -0.1) is 0 Å². The van der Waals surface area contributed by atoms with Gasteiger partial charge in [-0.1, -0.05) is 15.9 Å². The summed E-state index contributed by atoms with van der Waals surface area (Å²) in [6, 6.07) is 10.9. The van der Waals surface area contributed by atoms with Crippen LogP contribution in [0.3, 0.4) is 0 Å². The third kappa shape index (κ3) is 4.11. The standard InChI is InChI=1S/C19H21BrN2O4/c1-12(22(2)10-13-8-14(20)4-6-16(13)24-3)19(23)21-15-5-7-17-18(9-15)26-11-25-17/h4-9,12H,10-11H2,1-3H3,(H,21,23)/t12-/m1/s1. The van der Waals surface area contributed by atoms with E-state index in [4.69, 9.17) is 14.2 Å². The van der Waals surface area contributed by atoms with Gasteiger partial charge < -0.3 is 19.5 Å². The molecule has 0 aromatic heterocycles. The van der Waals surface area contributed by atoms with Gasteiger partial charge in [-0.25, -0.2) is 0 Å². The van der Waals surface area contributed by atoms with Crippen molar-refractivity contribution in [3.63, 3.8) is 0 Å². The summed E-state index contributed by atoms with van der Waals surface area (Å²) in [5.74, 6) is 2.03. The largest absolute Gasteiger partial charge is 0.496 e. The number of benzene rings is 2. The highest BCUT2D eigenvalue weighted by Gasteiger charge is 2.21. The number of carbonyl (C=O) groups is 1. The predicted molar refractivity (Wildman–Crippen MR) is 103 cm³/mol. The van der Waals surface area contributed by atoms with Crippen LogP contribution in [0.4, 0.5) is 5.69 Å². The van der Waals surface area contributed by atoms with Gasteiger partial charge in [0.1, 0.15) is 5.75 Å². The number of nitrogens with zero attached hydrogens (tertiary/aromatic N) is 1. The number of hydrogen-bond acceptors (Lipinski definition) is 5. The Bertz CT molecular complexity index is 812. The van der Waals surface area contributed by atoms with Crippen LogP contribution in [0.2, 0.25) is 0 Å². The Kier molecular flexibility index (Phi) is 5.68.